The summed E-state index contributed by atoms with van der Waals surface area (Å²) in [7, 11) is 0. The Morgan fingerprint density at radius 3 is 2.39 bits per heavy atom. The van der Waals surface area contributed by atoms with Crippen LogP contribution in [0.2, 0.25) is 0 Å². The summed E-state index contributed by atoms with van der Waals surface area (Å²) in [4.78, 5) is 15.6. The number of carbonyl (C=O) groups excluding carboxylic acids is 1. The molecule has 158 valence electrons. The van der Waals surface area contributed by atoms with Gasteiger partial charge >= 0.3 is 0 Å². The highest BCUT2D eigenvalue weighted by Gasteiger charge is 2.59. The fourth-order valence-corrected chi connectivity index (χ4v) is 8.82. The van der Waals surface area contributed by atoms with E-state index in [1.54, 1.807) is 0 Å². The lowest BCUT2D eigenvalue weighted by Gasteiger charge is -2.57. The second-order valence-electron chi connectivity index (χ2n) is 11.7. The molecule has 28 heavy (non-hydrogen) atoms. The normalized spacial score (nSPS) is 51.2. The van der Waals surface area contributed by atoms with Gasteiger partial charge in [0.15, 0.2) is 0 Å². The smallest absolute Gasteiger partial charge is 0.226 e. The van der Waals surface area contributed by atoms with Crippen LogP contribution in [0.5, 0.6) is 0 Å². The predicted molar refractivity (Wildman–Crippen MR) is 112 cm³/mol. The zero-order chi connectivity index (χ0) is 19.5. The molecule has 4 aliphatic carbocycles. The van der Waals surface area contributed by atoms with E-state index in [-0.39, 0.29) is 5.41 Å². The highest BCUT2D eigenvalue weighted by atomic mass is 16.3. The number of rotatable bonds is 1. The Labute approximate surface area is 171 Å². The van der Waals surface area contributed by atoms with Crippen molar-refractivity contribution in [2.24, 2.45) is 40.9 Å². The first-order valence-electron chi connectivity index (χ1n) is 12.4. The summed E-state index contributed by atoms with van der Waals surface area (Å²) in [5, 5.41) is 10.6. The van der Waals surface area contributed by atoms with Crippen molar-refractivity contribution in [3.8, 4) is 0 Å². The van der Waals surface area contributed by atoms with Gasteiger partial charge in [-0.1, -0.05) is 6.92 Å². The molecule has 5 rings (SSSR count). The number of fused-ring (bicyclic) bond motifs is 5. The molecule has 0 aromatic rings. The van der Waals surface area contributed by atoms with Gasteiger partial charge in [0.05, 0.1) is 5.60 Å². The Balaban J connectivity index is 1.32. The highest BCUT2D eigenvalue weighted by Crippen LogP contribution is 2.64. The largest absolute Gasteiger partial charge is 0.390 e. The van der Waals surface area contributed by atoms with Crippen LogP contribution in [0, 0.1) is 40.9 Å². The number of aliphatic hydroxyl groups is 1. The van der Waals surface area contributed by atoms with Crippen molar-refractivity contribution in [3.05, 3.63) is 0 Å². The van der Waals surface area contributed by atoms with Gasteiger partial charge in [-0.3, -0.25) is 4.79 Å². The second-order valence-corrected chi connectivity index (χ2v) is 11.7. The molecule has 1 aliphatic heterocycles. The molecule has 8 atom stereocenters. The Kier molecular flexibility index (Phi) is 4.85. The van der Waals surface area contributed by atoms with Crippen LogP contribution in [0.25, 0.3) is 0 Å². The first kappa shape index (κ1) is 19.4. The van der Waals surface area contributed by atoms with E-state index in [1.165, 1.54) is 57.8 Å². The first-order valence-corrected chi connectivity index (χ1v) is 12.4. The minimum Gasteiger partial charge on any atom is -0.390 e. The van der Waals surface area contributed by atoms with E-state index in [4.69, 9.17) is 0 Å². The average Bonchev–Trinajstić information content (AvgIpc) is 3.04. The molecule has 5 fully saturated rings. The van der Waals surface area contributed by atoms with Gasteiger partial charge in [0.25, 0.3) is 0 Å². The number of nitrogens with zero attached hydrogens (tertiary/aromatic N) is 1. The number of hydrogen-bond acceptors (Lipinski definition) is 2. The third-order valence-corrected chi connectivity index (χ3v) is 10.2. The van der Waals surface area contributed by atoms with E-state index in [2.05, 4.69) is 18.7 Å². The van der Waals surface area contributed by atoms with E-state index < -0.39 is 5.60 Å². The van der Waals surface area contributed by atoms with Crippen LogP contribution in [-0.2, 0) is 4.79 Å². The zero-order valence-electron chi connectivity index (χ0n) is 18.2. The zero-order valence-corrected chi connectivity index (χ0v) is 18.2. The predicted octanol–water partition coefficient (Wildman–Crippen LogP) is 5.02. The van der Waals surface area contributed by atoms with Crippen molar-refractivity contribution in [1.29, 1.82) is 0 Å². The lowest BCUT2D eigenvalue weighted by Crippen LogP contribution is -2.52. The van der Waals surface area contributed by atoms with Gasteiger partial charge < -0.3 is 10.0 Å². The van der Waals surface area contributed by atoms with E-state index in [9.17, 15) is 9.90 Å². The van der Waals surface area contributed by atoms with E-state index in [1.807, 2.05) is 0 Å². The molecule has 3 heteroatoms. The standard InChI is InChI=1S/C25H41NO2/c1-24(28)12-10-18-17(16-24)6-7-20-19(18)11-13-25(2)21(20)8-9-22(25)23(27)26-14-4-3-5-15-26/h17-22,28H,3-16H2,1-2H3/t17-,18+,19-,20-,21+,22-,24-,25+/m1/s1. The number of amides is 1. The lowest BCUT2D eigenvalue weighted by atomic mass is 9.49. The molecule has 4 saturated carbocycles. The van der Waals surface area contributed by atoms with Crippen LogP contribution >= 0.6 is 0 Å². The summed E-state index contributed by atoms with van der Waals surface area (Å²) in [6, 6.07) is 0. The molecule has 0 aromatic heterocycles. The molecule has 0 unspecified atom stereocenters. The van der Waals surface area contributed by atoms with Crippen molar-refractivity contribution >= 4 is 5.91 Å². The van der Waals surface area contributed by atoms with Gasteiger partial charge in [-0.05, 0) is 119 Å². The highest BCUT2D eigenvalue weighted by molar-refractivity contribution is 5.80. The minimum atomic E-state index is -0.420. The van der Waals surface area contributed by atoms with E-state index in [0.717, 1.165) is 61.9 Å². The van der Waals surface area contributed by atoms with Gasteiger partial charge in [0.2, 0.25) is 5.91 Å². The van der Waals surface area contributed by atoms with Crippen molar-refractivity contribution < 1.29 is 9.90 Å². The molecule has 0 bridgehead atoms. The van der Waals surface area contributed by atoms with E-state index >= 15 is 0 Å². The maximum absolute atomic E-state index is 13.4. The Morgan fingerprint density at radius 1 is 0.857 bits per heavy atom. The van der Waals surface area contributed by atoms with Crippen molar-refractivity contribution in [3.63, 3.8) is 0 Å². The molecule has 1 N–H and O–H groups in total. The third-order valence-electron chi connectivity index (χ3n) is 10.2. The molecule has 5 aliphatic rings. The maximum atomic E-state index is 13.4. The molecule has 3 nitrogen and oxygen atoms in total. The Hall–Kier alpha value is -0.570. The average molecular weight is 388 g/mol. The van der Waals surface area contributed by atoms with Crippen LogP contribution in [-0.4, -0.2) is 34.6 Å². The van der Waals surface area contributed by atoms with Gasteiger partial charge in [-0.25, -0.2) is 0 Å². The molecule has 1 saturated heterocycles. The SMILES string of the molecule is C[C@@]1(O)CC[C@H]2[C@H](CC[C@@H]3[C@@H]2CC[C@]2(C)[C@@H](C(=O)N4CCCCC4)CC[C@@H]32)C1. The molecule has 0 spiro atoms. The fraction of sp³-hybridized carbons (Fsp3) is 0.960. The van der Waals surface area contributed by atoms with Crippen LogP contribution in [0.4, 0.5) is 0 Å². The minimum absolute atomic E-state index is 0.253. The molecular formula is C25H41NO2. The second kappa shape index (κ2) is 7.00. The van der Waals surface area contributed by atoms with E-state index in [0.29, 0.717) is 11.8 Å². The van der Waals surface area contributed by atoms with Gasteiger partial charge in [-0.15, -0.1) is 0 Å². The molecule has 1 amide bonds. The van der Waals surface area contributed by atoms with Crippen molar-refractivity contribution in [1.82, 2.24) is 4.90 Å². The maximum Gasteiger partial charge on any atom is 0.226 e. The summed E-state index contributed by atoms with van der Waals surface area (Å²) in [6.45, 7) is 6.56. The number of likely N-dealkylation sites (tertiary alicyclic amines) is 1. The van der Waals surface area contributed by atoms with Gasteiger partial charge in [-0.2, -0.15) is 0 Å². The van der Waals surface area contributed by atoms with Gasteiger partial charge in [0.1, 0.15) is 0 Å². The van der Waals surface area contributed by atoms with Crippen LogP contribution in [0.1, 0.15) is 90.9 Å². The van der Waals surface area contributed by atoms with Crippen molar-refractivity contribution in [2.75, 3.05) is 13.1 Å². The first-order chi connectivity index (χ1) is 13.4. The summed E-state index contributed by atoms with van der Waals surface area (Å²) >= 11 is 0. The summed E-state index contributed by atoms with van der Waals surface area (Å²) < 4.78 is 0. The number of carbonyl (C=O) groups is 1. The monoisotopic (exact) mass is 387 g/mol. The van der Waals surface area contributed by atoms with Gasteiger partial charge in [0, 0.05) is 19.0 Å². The summed E-state index contributed by atoms with van der Waals surface area (Å²) in [6.07, 6.45) is 14.7. The molecule has 0 aromatic carbocycles. The Morgan fingerprint density at radius 2 is 1.61 bits per heavy atom. The lowest BCUT2D eigenvalue weighted by molar-refractivity contribution is -0.145. The number of piperidine rings is 1. The molecular weight excluding hydrogens is 346 g/mol. The van der Waals surface area contributed by atoms with Crippen LogP contribution in [0.15, 0.2) is 0 Å². The quantitative estimate of drug-likeness (QED) is 0.686. The third kappa shape index (κ3) is 3.06. The fourth-order valence-electron chi connectivity index (χ4n) is 8.82. The van der Waals surface area contributed by atoms with Crippen molar-refractivity contribution in [2.45, 2.75) is 96.5 Å². The van der Waals surface area contributed by atoms with Crippen LogP contribution < -0.4 is 0 Å². The van der Waals surface area contributed by atoms with Crippen LogP contribution in [0.3, 0.4) is 0 Å². The molecule has 0 radical (unpaired) electrons. The molecule has 1 heterocycles. The number of hydrogen-bond donors (Lipinski definition) is 1. The topological polar surface area (TPSA) is 40.5 Å². The Bertz CT molecular complexity index is 610. The summed E-state index contributed by atoms with van der Waals surface area (Å²) in [5.41, 5.74) is -0.167. The summed E-state index contributed by atoms with van der Waals surface area (Å²) in [5.74, 6) is 4.89.